The molecule has 3 aromatic carbocycles. The molecule has 1 aliphatic rings. The first kappa shape index (κ1) is 19.8. The highest BCUT2D eigenvalue weighted by Gasteiger charge is 2.36. The number of amides is 1. The van der Waals surface area contributed by atoms with Gasteiger partial charge in [0.25, 0.3) is 0 Å². The van der Waals surface area contributed by atoms with Crippen molar-refractivity contribution >= 4 is 35.0 Å². The number of carbonyl (C=O) groups excluding carboxylic acids is 1. The highest BCUT2D eigenvalue weighted by molar-refractivity contribution is 6.35. The summed E-state index contributed by atoms with van der Waals surface area (Å²) in [5, 5.41) is 3.59. The molecule has 148 valence electrons. The van der Waals surface area contributed by atoms with Gasteiger partial charge in [-0.1, -0.05) is 83.9 Å². The van der Waals surface area contributed by atoms with Crippen molar-refractivity contribution < 1.29 is 9.53 Å². The first-order valence-corrected chi connectivity index (χ1v) is 10.1. The zero-order valence-corrected chi connectivity index (χ0v) is 17.1. The van der Waals surface area contributed by atoms with E-state index in [4.69, 9.17) is 27.9 Å². The van der Waals surface area contributed by atoms with Crippen LogP contribution in [-0.4, -0.2) is 30.2 Å². The number of rotatable bonds is 5. The first-order chi connectivity index (χ1) is 14.1. The van der Waals surface area contributed by atoms with E-state index >= 15 is 0 Å². The van der Waals surface area contributed by atoms with Crippen molar-refractivity contribution in [3.63, 3.8) is 0 Å². The number of hydrogen-bond acceptors (Lipinski definition) is 3. The molecule has 1 amide bonds. The van der Waals surface area contributed by atoms with E-state index in [1.54, 1.807) is 18.2 Å². The monoisotopic (exact) mass is 426 g/mol. The van der Waals surface area contributed by atoms with E-state index in [-0.39, 0.29) is 12.1 Å². The van der Waals surface area contributed by atoms with Crippen LogP contribution in [0.2, 0.25) is 10.0 Å². The van der Waals surface area contributed by atoms with Crippen LogP contribution in [0.25, 0.3) is 0 Å². The summed E-state index contributed by atoms with van der Waals surface area (Å²) in [6.07, 6.45) is -0.677. The smallest absolute Gasteiger partial charge is 0.411 e. The largest absolute Gasteiger partial charge is 0.443 e. The average Bonchev–Trinajstić information content (AvgIpc) is 2.67. The van der Waals surface area contributed by atoms with Gasteiger partial charge < -0.3 is 4.74 Å². The van der Waals surface area contributed by atoms with Crippen molar-refractivity contribution in [2.24, 2.45) is 0 Å². The van der Waals surface area contributed by atoms with Crippen LogP contribution in [0.5, 0.6) is 0 Å². The van der Waals surface area contributed by atoms with Gasteiger partial charge in [0.2, 0.25) is 0 Å². The van der Waals surface area contributed by atoms with Crippen LogP contribution in [-0.2, 0) is 4.74 Å². The lowest BCUT2D eigenvalue weighted by molar-refractivity contribution is -0.0233. The molecule has 0 aromatic heterocycles. The molecule has 6 heteroatoms. The number of nitrogens with zero attached hydrogens (tertiary/aromatic N) is 1. The van der Waals surface area contributed by atoms with Crippen LogP contribution in [0.3, 0.4) is 0 Å². The Morgan fingerprint density at radius 3 is 1.93 bits per heavy atom. The van der Waals surface area contributed by atoms with Crippen LogP contribution in [0.4, 0.5) is 10.5 Å². The maximum atomic E-state index is 12.2. The van der Waals surface area contributed by atoms with Crippen LogP contribution in [0.15, 0.2) is 78.9 Å². The van der Waals surface area contributed by atoms with Gasteiger partial charge in [0.15, 0.2) is 0 Å². The SMILES string of the molecule is O=C(Nc1cc(Cl)cc(Cl)c1)OC1CN(C(c2ccccc2)c2ccccc2)C1. The number of hydrogen-bond donors (Lipinski definition) is 1. The van der Waals surface area contributed by atoms with Crippen molar-refractivity contribution in [3.05, 3.63) is 100 Å². The number of likely N-dealkylation sites (tertiary alicyclic amines) is 1. The lowest BCUT2D eigenvalue weighted by Gasteiger charge is -2.43. The van der Waals surface area contributed by atoms with Crippen molar-refractivity contribution in [3.8, 4) is 0 Å². The second-order valence-corrected chi connectivity index (χ2v) is 7.86. The van der Waals surface area contributed by atoms with Gasteiger partial charge in [-0.25, -0.2) is 4.79 Å². The molecule has 1 aliphatic heterocycles. The Morgan fingerprint density at radius 1 is 0.897 bits per heavy atom. The summed E-state index contributed by atoms with van der Waals surface area (Å²) >= 11 is 11.9. The minimum Gasteiger partial charge on any atom is -0.443 e. The van der Waals surface area contributed by atoms with E-state index in [1.807, 2.05) is 36.4 Å². The Labute approximate surface area is 180 Å². The van der Waals surface area contributed by atoms with Gasteiger partial charge in [-0.2, -0.15) is 0 Å². The van der Waals surface area contributed by atoms with Crippen LogP contribution in [0.1, 0.15) is 17.2 Å². The Morgan fingerprint density at radius 2 is 1.41 bits per heavy atom. The second-order valence-electron chi connectivity index (χ2n) is 6.99. The van der Waals surface area contributed by atoms with Gasteiger partial charge in [-0.05, 0) is 29.3 Å². The molecule has 1 saturated heterocycles. The fourth-order valence-corrected chi connectivity index (χ4v) is 4.09. The fraction of sp³-hybridized carbons (Fsp3) is 0.174. The molecule has 3 aromatic rings. The van der Waals surface area contributed by atoms with Gasteiger partial charge >= 0.3 is 6.09 Å². The number of benzene rings is 3. The number of halogens is 2. The molecule has 1 N–H and O–H groups in total. The van der Waals surface area contributed by atoms with Crippen molar-refractivity contribution in [1.29, 1.82) is 0 Å². The maximum absolute atomic E-state index is 12.2. The third kappa shape index (κ3) is 4.91. The summed E-state index contributed by atoms with van der Waals surface area (Å²) in [6, 6.07) is 25.7. The summed E-state index contributed by atoms with van der Waals surface area (Å²) in [5.74, 6) is 0. The number of anilines is 1. The fourth-order valence-electron chi connectivity index (χ4n) is 3.56. The summed E-state index contributed by atoms with van der Waals surface area (Å²) in [6.45, 7) is 1.33. The minimum absolute atomic E-state index is 0.132. The number of carbonyl (C=O) groups is 1. The van der Waals surface area contributed by atoms with Crippen molar-refractivity contribution in [1.82, 2.24) is 4.90 Å². The number of ether oxygens (including phenoxy) is 1. The molecular formula is C23H20Cl2N2O2. The van der Waals surface area contributed by atoms with Crippen LogP contribution < -0.4 is 5.32 Å². The molecule has 29 heavy (non-hydrogen) atoms. The highest BCUT2D eigenvalue weighted by Crippen LogP contribution is 2.33. The topological polar surface area (TPSA) is 41.6 Å². The van der Waals surface area contributed by atoms with Gasteiger partial charge in [0, 0.05) is 28.8 Å². The first-order valence-electron chi connectivity index (χ1n) is 9.36. The molecule has 0 saturated carbocycles. The lowest BCUT2D eigenvalue weighted by Crippen LogP contribution is -2.54. The van der Waals surface area contributed by atoms with E-state index < -0.39 is 6.09 Å². The minimum atomic E-state index is -0.510. The highest BCUT2D eigenvalue weighted by atomic mass is 35.5. The Bertz CT molecular complexity index is 917. The summed E-state index contributed by atoms with van der Waals surface area (Å²) in [4.78, 5) is 14.5. The molecule has 0 radical (unpaired) electrons. The third-order valence-electron chi connectivity index (χ3n) is 4.85. The maximum Gasteiger partial charge on any atom is 0.411 e. The van der Waals surface area contributed by atoms with E-state index in [2.05, 4.69) is 34.5 Å². The molecule has 0 spiro atoms. The summed E-state index contributed by atoms with van der Waals surface area (Å²) in [7, 11) is 0. The quantitative estimate of drug-likeness (QED) is 0.542. The van der Waals surface area contributed by atoms with Gasteiger partial charge in [0.05, 0.1) is 6.04 Å². The molecular weight excluding hydrogens is 407 g/mol. The second kappa shape index (κ2) is 8.87. The molecule has 1 fully saturated rings. The van der Waals surface area contributed by atoms with E-state index in [1.165, 1.54) is 11.1 Å². The number of nitrogens with one attached hydrogen (secondary N) is 1. The Balaban J connectivity index is 1.39. The Kier molecular flexibility index (Phi) is 6.05. The lowest BCUT2D eigenvalue weighted by atomic mass is 9.94. The standard InChI is InChI=1S/C23H20Cl2N2O2/c24-18-11-19(25)13-20(12-18)26-23(28)29-21-14-27(15-21)22(16-7-3-1-4-8-16)17-9-5-2-6-10-17/h1-13,21-22H,14-15H2,(H,26,28). The van der Waals surface area contributed by atoms with E-state index in [9.17, 15) is 4.79 Å². The molecule has 4 nitrogen and oxygen atoms in total. The predicted octanol–water partition coefficient (Wildman–Crippen LogP) is 6.02. The zero-order valence-electron chi connectivity index (χ0n) is 15.6. The summed E-state index contributed by atoms with van der Waals surface area (Å²) < 4.78 is 5.54. The molecule has 1 heterocycles. The summed E-state index contributed by atoms with van der Waals surface area (Å²) in [5.41, 5.74) is 2.94. The van der Waals surface area contributed by atoms with Crippen LogP contribution in [0, 0.1) is 0 Å². The van der Waals surface area contributed by atoms with Gasteiger partial charge in [-0.3, -0.25) is 10.2 Å². The molecule has 0 atom stereocenters. The van der Waals surface area contributed by atoms with E-state index in [0.29, 0.717) is 28.8 Å². The van der Waals surface area contributed by atoms with Crippen LogP contribution >= 0.6 is 23.2 Å². The van der Waals surface area contributed by atoms with Gasteiger partial charge in [0.1, 0.15) is 6.10 Å². The normalized spacial score (nSPS) is 14.4. The average molecular weight is 427 g/mol. The Hall–Kier alpha value is -2.53. The van der Waals surface area contributed by atoms with Gasteiger partial charge in [-0.15, -0.1) is 0 Å². The van der Waals surface area contributed by atoms with Crippen molar-refractivity contribution in [2.75, 3.05) is 18.4 Å². The molecule has 0 bridgehead atoms. The molecule has 4 rings (SSSR count). The van der Waals surface area contributed by atoms with Crippen molar-refractivity contribution in [2.45, 2.75) is 12.1 Å². The predicted molar refractivity (Wildman–Crippen MR) is 117 cm³/mol. The molecule has 0 aliphatic carbocycles. The third-order valence-corrected chi connectivity index (χ3v) is 5.29. The zero-order chi connectivity index (χ0) is 20.2. The molecule has 0 unspecified atom stereocenters. The van der Waals surface area contributed by atoms with E-state index in [0.717, 1.165) is 0 Å².